The fourth-order valence-corrected chi connectivity index (χ4v) is 1.70. The molecule has 124 valence electrons. The first-order chi connectivity index (χ1) is 10.0. The van der Waals surface area contributed by atoms with Crippen molar-refractivity contribution in [3.63, 3.8) is 0 Å². The zero-order chi connectivity index (χ0) is 17.1. The lowest BCUT2D eigenvalue weighted by atomic mass is 10.2. The molecule has 1 rings (SSSR count). The fraction of sp³-hybridized carbons (Fsp3) is 0.625. The number of rotatable bonds is 4. The molecule has 0 bridgehead atoms. The molecule has 0 aliphatic heterocycles. The molecule has 1 aromatic rings. The smallest absolute Gasteiger partial charge is 0.410 e. The quantitative estimate of drug-likeness (QED) is 0.858. The number of nitrogens with zero attached hydrogens (tertiary/aromatic N) is 2. The number of hydrogen-bond acceptors (Lipinski definition) is 4. The van der Waals surface area contributed by atoms with Gasteiger partial charge in [-0.05, 0) is 46.2 Å². The minimum Gasteiger partial charge on any atom is -0.456 e. The van der Waals surface area contributed by atoms with E-state index in [1.807, 2.05) is 34.6 Å². The predicted octanol–water partition coefficient (Wildman–Crippen LogP) is 2.84. The predicted molar refractivity (Wildman–Crippen MR) is 84.0 cm³/mol. The summed E-state index contributed by atoms with van der Waals surface area (Å²) in [5.74, 6) is 0.855. The van der Waals surface area contributed by atoms with Crippen molar-refractivity contribution in [3.8, 4) is 0 Å². The Morgan fingerprint density at radius 1 is 1.14 bits per heavy atom. The van der Waals surface area contributed by atoms with Gasteiger partial charge in [0, 0.05) is 27.2 Å². The van der Waals surface area contributed by atoms with Gasteiger partial charge in [-0.2, -0.15) is 0 Å². The van der Waals surface area contributed by atoms with Crippen molar-refractivity contribution in [1.29, 1.82) is 0 Å². The maximum absolute atomic E-state index is 12.2. The molecule has 1 aromatic heterocycles. The maximum Gasteiger partial charge on any atom is 0.410 e. The summed E-state index contributed by atoms with van der Waals surface area (Å²) in [5, 5.41) is 0. The summed E-state index contributed by atoms with van der Waals surface area (Å²) < 4.78 is 10.7. The first-order valence-corrected chi connectivity index (χ1v) is 7.28. The molecule has 22 heavy (non-hydrogen) atoms. The Balaban J connectivity index is 2.53. The van der Waals surface area contributed by atoms with Crippen LogP contribution >= 0.6 is 0 Å². The van der Waals surface area contributed by atoms with E-state index in [1.165, 1.54) is 9.80 Å². The summed E-state index contributed by atoms with van der Waals surface area (Å²) in [6.07, 6.45) is -0.405. The molecule has 0 radical (unpaired) electrons. The van der Waals surface area contributed by atoms with E-state index in [-0.39, 0.29) is 5.91 Å². The lowest BCUT2D eigenvalue weighted by molar-refractivity contribution is 0.0282. The molecule has 0 unspecified atom stereocenters. The Morgan fingerprint density at radius 3 is 2.14 bits per heavy atom. The van der Waals surface area contributed by atoms with E-state index in [9.17, 15) is 9.59 Å². The molecule has 0 aromatic carbocycles. The summed E-state index contributed by atoms with van der Waals surface area (Å²) in [4.78, 5) is 27.0. The van der Waals surface area contributed by atoms with E-state index in [0.717, 1.165) is 11.3 Å². The molecule has 6 heteroatoms. The van der Waals surface area contributed by atoms with Gasteiger partial charge in [0.25, 0.3) is 5.91 Å². The van der Waals surface area contributed by atoms with E-state index in [0.29, 0.717) is 18.8 Å². The number of ether oxygens (including phenoxy) is 1. The Morgan fingerprint density at radius 2 is 1.68 bits per heavy atom. The first-order valence-electron chi connectivity index (χ1n) is 7.28. The SMILES string of the molecule is Cc1cc(C(=O)N(C)CCN(C)C(=O)OC(C)(C)C)oc1C. The van der Waals surface area contributed by atoms with Gasteiger partial charge in [-0.15, -0.1) is 0 Å². The van der Waals surface area contributed by atoms with Gasteiger partial charge in [-0.1, -0.05) is 0 Å². The van der Waals surface area contributed by atoms with Crippen molar-refractivity contribution in [3.05, 3.63) is 23.2 Å². The van der Waals surface area contributed by atoms with Crippen molar-refractivity contribution < 1.29 is 18.7 Å². The Hall–Kier alpha value is -1.98. The standard InChI is InChI=1S/C16H26N2O4/c1-11-10-13(21-12(11)2)14(19)17(6)8-9-18(7)15(20)22-16(3,4)5/h10H,8-9H2,1-7H3. The highest BCUT2D eigenvalue weighted by atomic mass is 16.6. The second kappa shape index (κ2) is 6.85. The Bertz CT molecular complexity index is 523. The van der Waals surface area contributed by atoms with Crippen LogP contribution in [0.25, 0.3) is 0 Å². The van der Waals surface area contributed by atoms with Gasteiger partial charge in [0.2, 0.25) is 0 Å². The van der Waals surface area contributed by atoms with Gasteiger partial charge in [-0.3, -0.25) is 4.79 Å². The minimum absolute atomic E-state index is 0.200. The number of aryl methyl sites for hydroxylation is 2. The second-order valence-corrected chi connectivity index (χ2v) is 6.48. The molecule has 0 N–H and O–H groups in total. The minimum atomic E-state index is -0.531. The van der Waals surface area contributed by atoms with Crippen LogP contribution in [-0.4, -0.2) is 54.6 Å². The van der Waals surface area contributed by atoms with Crippen LogP contribution in [0, 0.1) is 13.8 Å². The first kappa shape index (κ1) is 18.1. The monoisotopic (exact) mass is 310 g/mol. The van der Waals surface area contributed by atoms with Crippen molar-refractivity contribution >= 4 is 12.0 Å². The number of carbonyl (C=O) groups is 2. The molecule has 1 heterocycles. The fourth-order valence-electron chi connectivity index (χ4n) is 1.70. The summed E-state index contributed by atoms with van der Waals surface area (Å²) in [6, 6.07) is 1.73. The van der Waals surface area contributed by atoms with E-state index >= 15 is 0 Å². The van der Waals surface area contributed by atoms with Crippen LogP contribution in [0.1, 0.15) is 42.6 Å². The van der Waals surface area contributed by atoms with E-state index in [4.69, 9.17) is 9.15 Å². The molecular weight excluding hydrogens is 284 g/mol. The van der Waals surface area contributed by atoms with Gasteiger partial charge < -0.3 is 19.0 Å². The maximum atomic E-state index is 12.2. The summed E-state index contributed by atoms with van der Waals surface area (Å²) in [6.45, 7) is 9.94. The van der Waals surface area contributed by atoms with Crippen LogP contribution in [0.2, 0.25) is 0 Å². The molecule has 0 saturated carbocycles. The molecule has 2 amide bonds. The van der Waals surface area contributed by atoms with E-state index in [1.54, 1.807) is 20.2 Å². The van der Waals surface area contributed by atoms with Crippen molar-refractivity contribution in [2.75, 3.05) is 27.2 Å². The van der Waals surface area contributed by atoms with E-state index in [2.05, 4.69) is 0 Å². The molecule has 0 aliphatic carbocycles. The number of likely N-dealkylation sites (N-methyl/N-ethyl adjacent to an activating group) is 2. The normalized spacial score (nSPS) is 11.2. The molecular formula is C16H26N2O4. The zero-order valence-electron chi connectivity index (χ0n) is 14.5. The largest absolute Gasteiger partial charge is 0.456 e. The van der Waals surface area contributed by atoms with Gasteiger partial charge in [0.1, 0.15) is 11.4 Å². The zero-order valence-corrected chi connectivity index (χ0v) is 14.5. The number of carbonyl (C=O) groups excluding carboxylic acids is 2. The highest BCUT2D eigenvalue weighted by molar-refractivity contribution is 5.91. The second-order valence-electron chi connectivity index (χ2n) is 6.48. The third-order valence-electron chi connectivity index (χ3n) is 3.20. The topological polar surface area (TPSA) is 63.0 Å². The van der Waals surface area contributed by atoms with Crippen molar-refractivity contribution in [2.45, 2.75) is 40.2 Å². The Labute approximate surface area is 132 Å². The number of amides is 2. The average Bonchev–Trinajstić information content (AvgIpc) is 2.72. The molecule has 0 fully saturated rings. The van der Waals surface area contributed by atoms with Crippen LogP contribution in [0.15, 0.2) is 10.5 Å². The summed E-state index contributed by atoms with van der Waals surface area (Å²) in [7, 11) is 3.33. The lowest BCUT2D eigenvalue weighted by Crippen LogP contribution is -2.39. The lowest BCUT2D eigenvalue weighted by Gasteiger charge is -2.26. The number of furan rings is 1. The van der Waals surface area contributed by atoms with Gasteiger partial charge in [0.15, 0.2) is 5.76 Å². The van der Waals surface area contributed by atoms with Crippen LogP contribution in [0.4, 0.5) is 4.79 Å². The highest BCUT2D eigenvalue weighted by Crippen LogP contribution is 2.15. The van der Waals surface area contributed by atoms with Gasteiger partial charge in [0.05, 0.1) is 0 Å². The third-order valence-corrected chi connectivity index (χ3v) is 3.20. The molecule has 0 saturated heterocycles. The van der Waals surface area contributed by atoms with Crippen LogP contribution < -0.4 is 0 Å². The van der Waals surface area contributed by atoms with Gasteiger partial charge in [-0.25, -0.2) is 4.79 Å². The van der Waals surface area contributed by atoms with Crippen LogP contribution in [0.3, 0.4) is 0 Å². The van der Waals surface area contributed by atoms with Crippen LogP contribution in [0.5, 0.6) is 0 Å². The summed E-state index contributed by atoms with van der Waals surface area (Å²) >= 11 is 0. The molecule has 6 nitrogen and oxygen atoms in total. The Kier molecular flexibility index (Phi) is 5.63. The summed E-state index contributed by atoms with van der Waals surface area (Å²) in [5.41, 5.74) is 0.415. The van der Waals surface area contributed by atoms with Crippen molar-refractivity contribution in [2.24, 2.45) is 0 Å². The van der Waals surface area contributed by atoms with E-state index < -0.39 is 11.7 Å². The molecule has 0 atom stereocenters. The third kappa shape index (κ3) is 5.09. The van der Waals surface area contributed by atoms with Gasteiger partial charge >= 0.3 is 6.09 Å². The highest BCUT2D eigenvalue weighted by Gasteiger charge is 2.21. The molecule has 0 aliphatic rings. The molecule has 0 spiro atoms. The average molecular weight is 310 g/mol. The number of hydrogen-bond donors (Lipinski definition) is 0. The van der Waals surface area contributed by atoms with Crippen molar-refractivity contribution in [1.82, 2.24) is 9.80 Å². The van der Waals surface area contributed by atoms with Crippen LogP contribution in [-0.2, 0) is 4.74 Å².